The van der Waals surface area contributed by atoms with Gasteiger partial charge in [-0.2, -0.15) is 0 Å². The van der Waals surface area contributed by atoms with Crippen LogP contribution in [-0.4, -0.2) is 18.4 Å². The largest absolute Gasteiger partial charge is 0.494 e. The summed E-state index contributed by atoms with van der Waals surface area (Å²) in [7, 11) is 0. The summed E-state index contributed by atoms with van der Waals surface area (Å²) in [5.74, 6) is 0.450. The summed E-state index contributed by atoms with van der Waals surface area (Å²) in [6.45, 7) is 8.70. The fraction of sp³-hybridized carbons (Fsp3) is 0.286. The highest BCUT2D eigenvalue weighted by molar-refractivity contribution is 6.34. The monoisotopic (exact) mass is 478 g/mol. The molecule has 3 rings (SSSR count). The van der Waals surface area contributed by atoms with Crippen molar-refractivity contribution in [2.75, 3.05) is 17.2 Å². The van der Waals surface area contributed by atoms with E-state index in [0.717, 1.165) is 17.7 Å². The van der Waals surface area contributed by atoms with E-state index in [-0.39, 0.29) is 17.7 Å². The van der Waals surface area contributed by atoms with Crippen LogP contribution in [0.3, 0.4) is 0 Å². The molecule has 0 heterocycles. The molecule has 178 valence electrons. The lowest BCUT2D eigenvalue weighted by Gasteiger charge is -2.15. The van der Waals surface area contributed by atoms with E-state index < -0.39 is 0 Å². The summed E-state index contributed by atoms with van der Waals surface area (Å²) in [5, 5.41) is 6.08. The van der Waals surface area contributed by atoms with Gasteiger partial charge in [0.15, 0.2) is 0 Å². The number of nitrogens with one attached hydrogen (secondary N) is 2. The third kappa shape index (κ3) is 6.84. The molecule has 34 heavy (non-hydrogen) atoms. The maximum atomic E-state index is 12.9. The van der Waals surface area contributed by atoms with E-state index in [2.05, 4.69) is 36.6 Å². The molecule has 0 aliphatic carbocycles. The SMILES string of the molecule is CCOc1ccc(NC(=O)c2ccc(Cl)c(NC(=O)[C@H](C)c3ccc(CC(C)C)cc3)c2)cc1. The summed E-state index contributed by atoms with van der Waals surface area (Å²) >= 11 is 6.31. The molecule has 6 heteroatoms. The highest BCUT2D eigenvalue weighted by Gasteiger charge is 2.18. The van der Waals surface area contributed by atoms with Gasteiger partial charge in [-0.05, 0) is 79.8 Å². The van der Waals surface area contributed by atoms with Crippen LogP contribution in [-0.2, 0) is 11.2 Å². The molecule has 3 aromatic carbocycles. The number of anilines is 2. The number of rotatable bonds is 9. The van der Waals surface area contributed by atoms with Crippen LogP contribution >= 0.6 is 11.6 Å². The Kier molecular flexibility index (Phi) is 8.72. The number of hydrogen-bond donors (Lipinski definition) is 2. The lowest BCUT2D eigenvalue weighted by atomic mass is 9.96. The molecule has 2 N–H and O–H groups in total. The minimum Gasteiger partial charge on any atom is -0.494 e. The Bertz CT molecular complexity index is 1130. The zero-order valence-electron chi connectivity index (χ0n) is 20.0. The highest BCUT2D eigenvalue weighted by atomic mass is 35.5. The molecule has 1 atom stereocenters. The van der Waals surface area contributed by atoms with Crippen LogP contribution in [0.15, 0.2) is 66.7 Å². The van der Waals surface area contributed by atoms with Gasteiger partial charge >= 0.3 is 0 Å². The Hall–Kier alpha value is -3.31. The summed E-state index contributed by atoms with van der Waals surface area (Å²) < 4.78 is 5.42. The molecule has 0 aliphatic rings. The van der Waals surface area contributed by atoms with Crippen LogP contribution in [0, 0.1) is 5.92 Å². The number of ether oxygens (including phenoxy) is 1. The lowest BCUT2D eigenvalue weighted by Crippen LogP contribution is -2.20. The minimum atomic E-state index is -0.370. The average molecular weight is 479 g/mol. The van der Waals surface area contributed by atoms with Crippen LogP contribution < -0.4 is 15.4 Å². The van der Waals surface area contributed by atoms with Crippen molar-refractivity contribution in [1.82, 2.24) is 0 Å². The Labute approximate surface area is 206 Å². The topological polar surface area (TPSA) is 67.4 Å². The Morgan fingerprint density at radius 2 is 1.59 bits per heavy atom. The molecule has 0 unspecified atom stereocenters. The van der Waals surface area contributed by atoms with Gasteiger partial charge in [0.25, 0.3) is 5.91 Å². The number of benzene rings is 3. The van der Waals surface area contributed by atoms with Gasteiger partial charge in [-0.25, -0.2) is 0 Å². The first-order valence-electron chi connectivity index (χ1n) is 11.5. The van der Waals surface area contributed by atoms with Crippen molar-refractivity contribution in [3.63, 3.8) is 0 Å². The van der Waals surface area contributed by atoms with Crippen molar-refractivity contribution in [1.29, 1.82) is 0 Å². The molecule has 0 bridgehead atoms. The third-order valence-corrected chi connectivity index (χ3v) is 5.76. The van der Waals surface area contributed by atoms with E-state index >= 15 is 0 Å². The summed E-state index contributed by atoms with van der Waals surface area (Å²) in [5.41, 5.74) is 3.60. The van der Waals surface area contributed by atoms with Crippen molar-refractivity contribution >= 4 is 34.8 Å². The average Bonchev–Trinajstić information content (AvgIpc) is 2.81. The highest BCUT2D eigenvalue weighted by Crippen LogP contribution is 2.26. The molecule has 0 aromatic heterocycles. The van der Waals surface area contributed by atoms with Crippen LogP contribution in [0.1, 0.15) is 55.1 Å². The van der Waals surface area contributed by atoms with E-state index in [1.54, 1.807) is 42.5 Å². The van der Waals surface area contributed by atoms with Gasteiger partial charge < -0.3 is 15.4 Å². The Morgan fingerprint density at radius 1 is 0.912 bits per heavy atom. The fourth-order valence-electron chi connectivity index (χ4n) is 3.57. The van der Waals surface area contributed by atoms with E-state index in [0.29, 0.717) is 34.5 Å². The zero-order chi connectivity index (χ0) is 24.7. The molecule has 3 aromatic rings. The smallest absolute Gasteiger partial charge is 0.255 e. The van der Waals surface area contributed by atoms with Gasteiger partial charge in [0.1, 0.15) is 5.75 Å². The van der Waals surface area contributed by atoms with Gasteiger partial charge in [-0.1, -0.05) is 49.7 Å². The Balaban J connectivity index is 1.67. The second kappa shape index (κ2) is 11.7. The predicted octanol–water partition coefficient (Wildman–Crippen LogP) is 6.93. The summed E-state index contributed by atoms with van der Waals surface area (Å²) in [4.78, 5) is 25.6. The van der Waals surface area contributed by atoms with Crippen molar-refractivity contribution in [2.45, 2.75) is 40.0 Å². The molecule has 0 spiro atoms. The van der Waals surface area contributed by atoms with Gasteiger partial charge in [0.2, 0.25) is 5.91 Å². The maximum absolute atomic E-state index is 12.9. The lowest BCUT2D eigenvalue weighted by molar-refractivity contribution is -0.117. The summed E-state index contributed by atoms with van der Waals surface area (Å²) in [6, 6.07) is 20.1. The van der Waals surface area contributed by atoms with Crippen LogP contribution in [0.4, 0.5) is 11.4 Å². The van der Waals surface area contributed by atoms with E-state index in [9.17, 15) is 9.59 Å². The van der Waals surface area contributed by atoms with Gasteiger partial charge in [0, 0.05) is 11.3 Å². The number of amides is 2. The second-order valence-electron chi connectivity index (χ2n) is 8.66. The molecule has 0 saturated carbocycles. The van der Waals surface area contributed by atoms with E-state index in [1.807, 2.05) is 26.0 Å². The maximum Gasteiger partial charge on any atom is 0.255 e. The molecule has 2 amide bonds. The number of carbonyl (C=O) groups is 2. The number of hydrogen-bond acceptors (Lipinski definition) is 3. The fourth-order valence-corrected chi connectivity index (χ4v) is 3.74. The third-order valence-electron chi connectivity index (χ3n) is 5.43. The number of halogens is 1. The van der Waals surface area contributed by atoms with Crippen molar-refractivity contribution < 1.29 is 14.3 Å². The molecule has 0 aliphatic heterocycles. The molecular weight excluding hydrogens is 448 g/mol. The second-order valence-corrected chi connectivity index (χ2v) is 9.06. The minimum absolute atomic E-state index is 0.192. The number of carbonyl (C=O) groups excluding carboxylic acids is 2. The van der Waals surface area contributed by atoms with E-state index in [4.69, 9.17) is 16.3 Å². The zero-order valence-corrected chi connectivity index (χ0v) is 20.8. The quantitative estimate of drug-likeness (QED) is 0.350. The standard InChI is InChI=1S/C28H31ClN2O3/c1-5-34-24-13-11-23(12-14-24)30-28(33)22-10-15-25(29)26(17-22)31-27(32)19(4)21-8-6-20(7-9-21)16-18(2)3/h6-15,17-19H,5,16H2,1-4H3,(H,30,33)(H,31,32)/t19-/m1/s1. The van der Waals surface area contributed by atoms with Gasteiger partial charge in [-0.3, -0.25) is 9.59 Å². The van der Waals surface area contributed by atoms with Gasteiger partial charge in [0.05, 0.1) is 23.2 Å². The first-order chi connectivity index (χ1) is 16.3. The van der Waals surface area contributed by atoms with Crippen LogP contribution in [0.5, 0.6) is 5.75 Å². The van der Waals surface area contributed by atoms with Gasteiger partial charge in [-0.15, -0.1) is 0 Å². The van der Waals surface area contributed by atoms with Crippen LogP contribution in [0.2, 0.25) is 5.02 Å². The normalized spacial score (nSPS) is 11.7. The summed E-state index contributed by atoms with van der Waals surface area (Å²) in [6.07, 6.45) is 1.00. The molecular formula is C28H31ClN2O3. The van der Waals surface area contributed by atoms with E-state index in [1.165, 1.54) is 5.56 Å². The first kappa shape index (κ1) is 25.3. The predicted molar refractivity (Wildman–Crippen MR) is 139 cm³/mol. The molecule has 0 saturated heterocycles. The molecule has 0 fully saturated rings. The van der Waals surface area contributed by atoms with Crippen molar-refractivity contribution in [3.05, 3.63) is 88.4 Å². The van der Waals surface area contributed by atoms with Crippen LogP contribution in [0.25, 0.3) is 0 Å². The Morgan fingerprint density at radius 3 is 2.21 bits per heavy atom. The van der Waals surface area contributed by atoms with Crippen molar-refractivity contribution in [2.24, 2.45) is 5.92 Å². The van der Waals surface area contributed by atoms with Crippen molar-refractivity contribution in [3.8, 4) is 5.75 Å². The molecule has 5 nitrogen and oxygen atoms in total. The first-order valence-corrected chi connectivity index (χ1v) is 11.9. The molecule has 0 radical (unpaired) electrons.